The van der Waals surface area contributed by atoms with Gasteiger partial charge >= 0.3 is 0 Å². The number of hydrogen-bond donors (Lipinski definition) is 1. The molecule has 0 radical (unpaired) electrons. The normalized spacial score (nSPS) is 29.7. The highest BCUT2D eigenvalue weighted by molar-refractivity contribution is 5.01. The van der Waals surface area contributed by atoms with Gasteiger partial charge in [0.15, 0.2) is 0 Å². The maximum absolute atomic E-state index is 3.51. The smallest absolute Gasteiger partial charge is 0.00775 e. The van der Waals surface area contributed by atoms with Gasteiger partial charge in [0.1, 0.15) is 0 Å². The van der Waals surface area contributed by atoms with Crippen molar-refractivity contribution in [2.75, 3.05) is 6.54 Å². The molecule has 0 bridgehead atoms. The Balaban J connectivity index is 1.72. The topological polar surface area (TPSA) is 12.0 Å². The van der Waals surface area contributed by atoms with Crippen LogP contribution in [0.1, 0.15) is 39.0 Å². The molecule has 1 spiro atoms. The number of rotatable bonds is 2. The summed E-state index contributed by atoms with van der Waals surface area (Å²) in [5, 5.41) is 3.51. The van der Waals surface area contributed by atoms with Gasteiger partial charge in [-0.15, -0.1) is 0 Å². The minimum absolute atomic E-state index is 0.854. The highest BCUT2D eigenvalue weighted by atomic mass is 14.9. The average molecular weight is 139 g/mol. The Kier molecular flexibility index (Phi) is 1.48. The van der Waals surface area contributed by atoms with Gasteiger partial charge in [-0.25, -0.2) is 0 Å². The van der Waals surface area contributed by atoms with Crippen molar-refractivity contribution in [2.24, 2.45) is 5.41 Å². The van der Waals surface area contributed by atoms with Crippen molar-refractivity contribution in [3.63, 3.8) is 0 Å². The van der Waals surface area contributed by atoms with E-state index in [1.807, 2.05) is 0 Å². The third-order valence-electron chi connectivity index (χ3n) is 3.27. The molecule has 2 aliphatic carbocycles. The summed E-state index contributed by atoms with van der Waals surface area (Å²) in [5.41, 5.74) is 0.854. The monoisotopic (exact) mass is 139 g/mol. The molecule has 2 saturated carbocycles. The molecule has 0 saturated heterocycles. The summed E-state index contributed by atoms with van der Waals surface area (Å²) in [5.74, 6) is 0. The second-order valence-corrected chi connectivity index (χ2v) is 4.02. The molecule has 0 aromatic rings. The van der Waals surface area contributed by atoms with E-state index >= 15 is 0 Å². The molecule has 0 aromatic carbocycles. The van der Waals surface area contributed by atoms with Crippen molar-refractivity contribution < 1.29 is 0 Å². The Labute approximate surface area is 63.2 Å². The molecule has 2 fully saturated rings. The Bertz CT molecular complexity index is 119. The van der Waals surface area contributed by atoms with Gasteiger partial charge in [0, 0.05) is 6.04 Å². The lowest BCUT2D eigenvalue weighted by molar-refractivity contribution is -0.00128. The molecule has 10 heavy (non-hydrogen) atoms. The van der Waals surface area contributed by atoms with Crippen molar-refractivity contribution in [1.29, 1.82) is 0 Å². The summed E-state index contributed by atoms with van der Waals surface area (Å²) in [6.45, 7) is 3.35. The third kappa shape index (κ3) is 0.878. The first kappa shape index (κ1) is 6.66. The van der Waals surface area contributed by atoms with Gasteiger partial charge in [0.05, 0.1) is 0 Å². The Hall–Kier alpha value is -0.0400. The molecular weight excluding hydrogens is 122 g/mol. The summed E-state index contributed by atoms with van der Waals surface area (Å²) in [6, 6.07) is 0.880. The van der Waals surface area contributed by atoms with Gasteiger partial charge in [-0.05, 0) is 37.6 Å². The maximum Gasteiger partial charge on any atom is 0.00775 e. The largest absolute Gasteiger partial charge is 0.314 e. The van der Waals surface area contributed by atoms with Crippen LogP contribution < -0.4 is 5.32 Å². The van der Waals surface area contributed by atoms with Crippen molar-refractivity contribution in [3.8, 4) is 0 Å². The lowest BCUT2D eigenvalue weighted by Crippen LogP contribution is -2.52. The first-order valence-corrected chi connectivity index (χ1v) is 4.58. The molecule has 0 heterocycles. The van der Waals surface area contributed by atoms with Crippen LogP contribution in [0.3, 0.4) is 0 Å². The molecule has 0 aromatic heterocycles. The van der Waals surface area contributed by atoms with Gasteiger partial charge in [-0.2, -0.15) is 0 Å². The minimum atomic E-state index is 0.854. The summed E-state index contributed by atoms with van der Waals surface area (Å²) in [4.78, 5) is 0. The molecule has 58 valence electrons. The van der Waals surface area contributed by atoms with E-state index in [2.05, 4.69) is 12.2 Å². The summed E-state index contributed by atoms with van der Waals surface area (Å²) in [7, 11) is 0. The van der Waals surface area contributed by atoms with Crippen LogP contribution in [0.4, 0.5) is 0 Å². The van der Waals surface area contributed by atoms with E-state index in [4.69, 9.17) is 0 Å². The SMILES string of the molecule is CCNC1CC2(CCC2)C1. The molecule has 2 rings (SSSR count). The first-order chi connectivity index (χ1) is 4.85. The fraction of sp³-hybridized carbons (Fsp3) is 1.00. The summed E-state index contributed by atoms with van der Waals surface area (Å²) >= 11 is 0. The van der Waals surface area contributed by atoms with Crippen molar-refractivity contribution in [1.82, 2.24) is 5.32 Å². The van der Waals surface area contributed by atoms with Crippen LogP contribution in [0.15, 0.2) is 0 Å². The van der Waals surface area contributed by atoms with Crippen LogP contribution in [0.25, 0.3) is 0 Å². The van der Waals surface area contributed by atoms with E-state index in [9.17, 15) is 0 Å². The number of nitrogens with one attached hydrogen (secondary N) is 1. The van der Waals surface area contributed by atoms with Gasteiger partial charge in [0.2, 0.25) is 0 Å². The maximum atomic E-state index is 3.51. The second kappa shape index (κ2) is 2.23. The van der Waals surface area contributed by atoms with E-state index in [1.165, 1.54) is 32.1 Å². The third-order valence-corrected chi connectivity index (χ3v) is 3.27. The number of hydrogen-bond acceptors (Lipinski definition) is 1. The second-order valence-electron chi connectivity index (χ2n) is 4.02. The quantitative estimate of drug-likeness (QED) is 0.616. The van der Waals surface area contributed by atoms with Gasteiger partial charge in [-0.1, -0.05) is 13.3 Å². The van der Waals surface area contributed by atoms with Gasteiger partial charge in [-0.3, -0.25) is 0 Å². The van der Waals surface area contributed by atoms with E-state index in [0.29, 0.717) is 0 Å². The lowest BCUT2D eigenvalue weighted by Gasteiger charge is -2.54. The predicted molar refractivity (Wildman–Crippen MR) is 43.0 cm³/mol. The molecule has 0 amide bonds. The summed E-state index contributed by atoms with van der Waals surface area (Å²) < 4.78 is 0. The average Bonchev–Trinajstić information content (AvgIpc) is 1.72. The minimum Gasteiger partial charge on any atom is -0.314 e. The molecule has 0 unspecified atom stereocenters. The van der Waals surface area contributed by atoms with E-state index in [0.717, 1.165) is 18.0 Å². The Morgan fingerprint density at radius 1 is 1.40 bits per heavy atom. The molecule has 1 heteroatoms. The Morgan fingerprint density at radius 2 is 2.10 bits per heavy atom. The highest BCUT2D eigenvalue weighted by Crippen LogP contribution is 2.55. The van der Waals surface area contributed by atoms with E-state index in [-0.39, 0.29) is 0 Å². The fourth-order valence-electron chi connectivity index (χ4n) is 2.50. The van der Waals surface area contributed by atoms with Crippen LogP contribution in [0.2, 0.25) is 0 Å². The van der Waals surface area contributed by atoms with E-state index in [1.54, 1.807) is 0 Å². The van der Waals surface area contributed by atoms with Gasteiger partial charge in [0.25, 0.3) is 0 Å². The van der Waals surface area contributed by atoms with Crippen LogP contribution in [0.5, 0.6) is 0 Å². The van der Waals surface area contributed by atoms with E-state index < -0.39 is 0 Å². The molecule has 0 aliphatic heterocycles. The zero-order valence-corrected chi connectivity index (χ0v) is 6.82. The summed E-state index contributed by atoms with van der Waals surface area (Å²) in [6.07, 6.45) is 7.49. The molecule has 1 nitrogen and oxygen atoms in total. The fourth-order valence-corrected chi connectivity index (χ4v) is 2.50. The van der Waals surface area contributed by atoms with Crippen molar-refractivity contribution in [3.05, 3.63) is 0 Å². The van der Waals surface area contributed by atoms with Crippen LogP contribution in [0, 0.1) is 5.41 Å². The Morgan fingerprint density at radius 3 is 2.50 bits per heavy atom. The van der Waals surface area contributed by atoms with Crippen LogP contribution in [-0.4, -0.2) is 12.6 Å². The van der Waals surface area contributed by atoms with Crippen molar-refractivity contribution in [2.45, 2.75) is 45.1 Å². The van der Waals surface area contributed by atoms with Crippen LogP contribution >= 0.6 is 0 Å². The lowest BCUT2D eigenvalue weighted by atomic mass is 9.54. The first-order valence-electron chi connectivity index (χ1n) is 4.58. The van der Waals surface area contributed by atoms with Crippen molar-refractivity contribution >= 4 is 0 Å². The standard InChI is InChI=1S/C9H17N/c1-2-10-8-6-9(7-8)4-3-5-9/h8,10H,2-7H2,1H3. The highest BCUT2D eigenvalue weighted by Gasteiger charge is 2.47. The predicted octanol–water partition coefficient (Wildman–Crippen LogP) is 1.93. The van der Waals surface area contributed by atoms with Crippen LogP contribution in [-0.2, 0) is 0 Å². The zero-order chi connectivity index (χ0) is 7.03. The molecule has 0 atom stereocenters. The van der Waals surface area contributed by atoms with Gasteiger partial charge < -0.3 is 5.32 Å². The zero-order valence-electron chi connectivity index (χ0n) is 6.82. The molecular formula is C9H17N. The molecule has 1 N–H and O–H groups in total. The molecule has 2 aliphatic rings.